The molecule has 0 aromatic carbocycles. The second kappa shape index (κ2) is 5.37. The van der Waals surface area contributed by atoms with E-state index in [4.69, 9.17) is 5.11 Å². The van der Waals surface area contributed by atoms with Crippen LogP contribution in [0.1, 0.15) is 13.3 Å². The third kappa shape index (κ3) is 3.39. The first-order valence-electron chi connectivity index (χ1n) is 4.99. The van der Waals surface area contributed by atoms with Crippen LogP contribution in [-0.2, 0) is 4.79 Å². The lowest BCUT2D eigenvalue weighted by Gasteiger charge is -2.16. The van der Waals surface area contributed by atoms with Crippen molar-refractivity contribution in [2.45, 2.75) is 31.9 Å². The number of alkyl halides is 2. The van der Waals surface area contributed by atoms with Crippen LogP contribution in [0.5, 0.6) is 0 Å². The van der Waals surface area contributed by atoms with Crippen LogP contribution < -0.4 is 10.6 Å². The van der Waals surface area contributed by atoms with E-state index in [-0.39, 0.29) is 24.4 Å². The van der Waals surface area contributed by atoms with Crippen LogP contribution in [0.15, 0.2) is 0 Å². The van der Waals surface area contributed by atoms with Gasteiger partial charge in [-0.25, -0.2) is 8.78 Å². The Morgan fingerprint density at radius 1 is 1.67 bits per heavy atom. The van der Waals surface area contributed by atoms with E-state index in [1.54, 1.807) is 0 Å². The Morgan fingerprint density at radius 3 is 2.80 bits per heavy atom. The number of hydrogen-bond donors (Lipinski definition) is 3. The summed E-state index contributed by atoms with van der Waals surface area (Å²) in [6, 6.07) is 0.0636. The molecule has 4 nitrogen and oxygen atoms in total. The van der Waals surface area contributed by atoms with E-state index >= 15 is 0 Å². The monoisotopic (exact) mass is 222 g/mol. The van der Waals surface area contributed by atoms with Gasteiger partial charge in [-0.1, -0.05) is 0 Å². The van der Waals surface area contributed by atoms with Gasteiger partial charge in [-0.15, -0.1) is 0 Å². The van der Waals surface area contributed by atoms with Gasteiger partial charge in [-0.05, 0) is 19.9 Å². The van der Waals surface area contributed by atoms with Crippen molar-refractivity contribution in [3.05, 3.63) is 0 Å². The van der Waals surface area contributed by atoms with Crippen LogP contribution >= 0.6 is 0 Å². The number of rotatable bonds is 4. The lowest BCUT2D eigenvalue weighted by Crippen LogP contribution is -2.41. The van der Waals surface area contributed by atoms with Gasteiger partial charge in [0.25, 0.3) is 6.43 Å². The zero-order chi connectivity index (χ0) is 11.4. The molecule has 0 spiro atoms. The zero-order valence-electron chi connectivity index (χ0n) is 8.54. The summed E-state index contributed by atoms with van der Waals surface area (Å²) in [4.78, 5) is 11.5. The molecule has 1 aliphatic rings. The topological polar surface area (TPSA) is 61.4 Å². The van der Waals surface area contributed by atoms with E-state index < -0.39 is 12.5 Å². The standard InChI is InChI=1S/C9H16F2N2O2/c1-5-6(2-3-12-5)9(15)13-4-7(14)8(10)11/h5-8,12,14H,2-4H2,1H3,(H,13,15). The minimum absolute atomic E-state index is 0.0636. The Bertz CT molecular complexity index is 226. The fourth-order valence-electron chi connectivity index (χ4n) is 1.64. The molecular formula is C9H16F2N2O2. The molecule has 1 rings (SSSR count). The van der Waals surface area contributed by atoms with Crippen molar-refractivity contribution < 1.29 is 18.7 Å². The largest absolute Gasteiger partial charge is 0.385 e. The number of carbonyl (C=O) groups is 1. The van der Waals surface area contributed by atoms with Crippen molar-refractivity contribution >= 4 is 5.91 Å². The number of carbonyl (C=O) groups excluding carboxylic acids is 1. The van der Waals surface area contributed by atoms with Gasteiger partial charge in [0.15, 0.2) is 0 Å². The van der Waals surface area contributed by atoms with Gasteiger partial charge in [-0.2, -0.15) is 0 Å². The molecule has 1 aliphatic heterocycles. The van der Waals surface area contributed by atoms with Gasteiger partial charge < -0.3 is 15.7 Å². The van der Waals surface area contributed by atoms with Crippen LogP contribution in [0, 0.1) is 5.92 Å². The molecule has 15 heavy (non-hydrogen) atoms. The SMILES string of the molecule is CC1NCCC1C(=O)NCC(O)C(F)F. The van der Waals surface area contributed by atoms with Gasteiger partial charge >= 0.3 is 0 Å². The van der Waals surface area contributed by atoms with Gasteiger partial charge in [0, 0.05) is 12.6 Å². The molecule has 0 radical (unpaired) electrons. The normalized spacial score (nSPS) is 28.1. The molecule has 6 heteroatoms. The minimum atomic E-state index is -2.82. The van der Waals surface area contributed by atoms with Crippen molar-refractivity contribution in [1.82, 2.24) is 10.6 Å². The maximum Gasteiger partial charge on any atom is 0.265 e. The van der Waals surface area contributed by atoms with Crippen molar-refractivity contribution in [3.63, 3.8) is 0 Å². The van der Waals surface area contributed by atoms with E-state index in [2.05, 4.69) is 10.6 Å². The third-order valence-electron chi connectivity index (χ3n) is 2.64. The predicted molar refractivity (Wildman–Crippen MR) is 50.6 cm³/mol. The molecule has 3 unspecified atom stereocenters. The van der Waals surface area contributed by atoms with Crippen molar-refractivity contribution in [2.24, 2.45) is 5.92 Å². The highest BCUT2D eigenvalue weighted by molar-refractivity contribution is 5.79. The minimum Gasteiger partial charge on any atom is -0.385 e. The molecule has 1 saturated heterocycles. The highest BCUT2D eigenvalue weighted by Gasteiger charge is 2.29. The van der Waals surface area contributed by atoms with Crippen molar-refractivity contribution in [1.29, 1.82) is 0 Å². The smallest absolute Gasteiger partial charge is 0.265 e. The van der Waals surface area contributed by atoms with Crippen LogP contribution in [0.2, 0.25) is 0 Å². The van der Waals surface area contributed by atoms with Crippen LogP contribution in [0.3, 0.4) is 0 Å². The molecule has 0 aromatic heterocycles. The first kappa shape index (κ1) is 12.3. The van der Waals surface area contributed by atoms with E-state index in [0.29, 0.717) is 6.42 Å². The number of aliphatic hydroxyl groups excluding tert-OH is 1. The summed E-state index contributed by atoms with van der Waals surface area (Å²) in [5.74, 6) is -0.456. The lowest BCUT2D eigenvalue weighted by molar-refractivity contribution is -0.126. The molecule has 0 saturated carbocycles. The predicted octanol–water partition coefficient (Wildman–Crippen LogP) is -0.273. The number of nitrogens with one attached hydrogen (secondary N) is 2. The number of amides is 1. The van der Waals surface area contributed by atoms with E-state index in [0.717, 1.165) is 6.54 Å². The summed E-state index contributed by atoms with van der Waals surface area (Å²) >= 11 is 0. The molecule has 88 valence electrons. The first-order valence-corrected chi connectivity index (χ1v) is 4.99. The number of hydrogen-bond acceptors (Lipinski definition) is 3. The van der Waals surface area contributed by atoms with Crippen molar-refractivity contribution in [3.8, 4) is 0 Å². The average Bonchev–Trinajstić information content (AvgIpc) is 2.60. The Morgan fingerprint density at radius 2 is 2.33 bits per heavy atom. The van der Waals surface area contributed by atoms with Crippen LogP contribution in [0.4, 0.5) is 8.78 Å². The van der Waals surface area contributed by atoms with Crippen LogP contribution in [-0.4, -0.2) is 42.7 Å². The summed E-state index contributed by atoms with van der Waals surface area (Å²) in [7, 11) is 0. The average molecular weight is 222 g/mol. The maximum absolute atomic E-state index is 11.9. The summed E-state index contributed by atoms with van der Waals surface area (Å²) in [5.41, 5.74) is 0. The maximum atomic E-state index is 11.9. The van der Waals surface area contributed by atoms with E-state index in [1.807, 2.05) is 6.92 Å². The van der Waals surface area contributed by atoms with Crippen molar-refractivity contribution in [2.75, 3.05) is 13.1 Å². The Labute approximate surface area is 87.0 Å². The number of halogens is 2. The molecule has 3 N–H and O–H groups in total. The highest BCUT2D eigenvalue weighted by atomic mass is 19.3. The van der Waals surface area contributed by atoms with E-state index in [1.165, 1.54) is 0 Å². The fraction of sp³-hybridized carbons (Fsp3) is 0.889. The molecule has 0 aromatic rings. The molecule has 0 bridgehead atoms. The highest BCUT2D eigenvalue weighted by Crippen LogP contribution is 2.14. The van der Waals surface area contributed by atoms with E-state index in [9.17, 15) is 13.6 Å². The zero-order valence-corrected chi connectivity index (χ0v) is 8.54. The summed E-state index contributed by atoms with van der Waals surface area (Å²) < 4.78 is 23.8. The summed E-state index contributed by atoms with van der Waals surface area (Å²) in [6.07, 6.45) is -3.89. The molecule has 1 fully saturated rings. The van der Waals surface area contributed by atoms with Crippen LogP contribution in [0.25, 0.3) is 0 Å². The van der Waals surface area contributed by atoms with Gasteiger partial charge in [0.05, 0.1) is 5.92 Å². The lowest BCUT2D eigenvalue weighted by atomic mass is 10.0. The Balaban J connectivity index is 2.29. The second-order valence-electron chi connectivity index (χ2n) is 3.78. The molecule has 3 atom stereocenters. The summed E-state index contributed by atoms with van der Waals surface area (Å²) in [6.45, 7) is 2.25. The first-order chi connectivity index (χ1) is 7.02. The van der Waals surface area contributed by atoms with Gasteiger partial charge in [0.1, 0.15) is 6.10 Å². The molecule has 0 aliphatic carbocycles. The molecule has 1 amide bonds. The summed E-state index contributed by atoms with van der Waals surface area (Å²) in [5, 5.41) is 14.2. The molecule has 1 heterocycles. The van der Waals surface area contributed by atoms with Gasteiger partial charge in [-0.3, -0.25) is 4.79 Å². The molecular weight excluding hydrogens is 206 g/mol. The Hall–Kier alpha value is -0.750. The quantitative estimate of drug-likeness (QED) is 0.613. The number of aliphatic hydroxyl groups is 1. The van der Waals surface area contributed by atoms with Gasteiger partial charge in [0.2, 0.25) is 5.91 Å². The second-order valence-corrected chi connectivity index (χ2v) is 3.78. The third-order valence-corrected chi connectivity index (χ3v) is 2.64. The Kier molecular flexibility index (Phi) is 4.41. The fourth-order valence-corrected chi connectivity index (χ4v) is 1.64.